The second-order valence-electron chi connectivity index (χ2n) is 10.1. The number of benzene rings is 2. The number of methoxy groups -OCH3 is 1. The molecule has 0 aliphatic carbocycles. The average molecular weight is 475 g/mol. The lowest BCUT2D eigenvalue weighted by atomic mass is 9.81. The number of aryl methyl sites for hydroxylation is 2. The molecule has 2 nitrogen and oxygen atoms in total. The maximum absolute atomic E-state index is 6.27. The van der Waals surface area contributed by atoms with Crippen molar-refractivity contribution in [3.8, 4) is 5.75 Å². The number of rotatable bonds is 10. The van der Waals surface area contributed by atoms with Gasteiger partial charge in [-0.1, -0.05) is 87.9 Å². The van der Waals surface area contributed by atoms with Gasteiger partial charge in [0.1, 0.15) is 5.75 Å². The lowest BCUT2D eigenvalue weighted by Gasteiger charge is -2.38. The maximum Gasteiger partial charge on any atom is 0.188 e. The maximum atomic E-state index is 6.27. The molecule has 2 aromatic rings. The molecule has 0 aromatic heterocycles. The molecule has 2 rings (SSSR count). The molecule has 0 saturated carbocycles. The Morgan fingerprint density at radius 3 is 2.22 bits per heavy atom. The van der Waals surface area contributed by atoms with Crippen LogP contribution in [0.2, 0.25) is 0 Å². The summed E-state index contributed by atoms with van der Waals surface area (Å²) in [5, 5.41) is 3.17. The van der Waals surface area contributed by atoms with Gasteiger partial charge in [0.25, 0.3) is 0 Å². The van der Waals surface area contributed by atoms with Crippen molar-refractivity contribution in [3.63, 3.8) is 0 Å². The van der Waals surface area contributed by atoms with Crippen molar-refractivity contribution in [2.75, 3.05) is 27.2 Å². The smallest absolute Gasteiger partial charge is 0.188 e. The van der Waals surface area contributed by atoms with Crippen LogP contribution in [0.1, 0.15) is 76.1 Å². The minimum atomic E-state index is -0.161. The van der Waals surface area contributed by atoms with Crippen LogP contribution in [0.4, 0.5) is 0 Å². The van der Waals surface area contributed by atoms with Gasteiger partial charge in [0.2, 0.25) is 0 Å². The van der Waals surface area contributed by atoms with E-state index in [4.69, 9.17) is 9.47 Å². The third kappa shape index (κ3) is 6.14. The summed E-state index contributed by atoms with van der Waals surface area (Å²) in [6.07, 6.45) is 3.39. The Kier molecular flexibility index (Phi) is 9.78. The first-order valence-corrected chi connectivity index (χ1v) is 15.1. The van der Waals surface area contributed by atoms with E-state index in [1.54, 1.807) is 17.7 Å². The molecule has 0 saturated heterocycles. The van der Waals surface area contributed by atoms with Crippen LogP contribution in [0.15, 0.2) is 30.3 Å². The summed E-state index contributed by atoms with van der Waals surface area (Å²) in [7, 11) is 2.25. The Balaban J connectivity index is 2.81. The Hall–Kier alpha value is -0.940. The number of hydrogen-bond donors (Lipinski definition) is 0. The minimum Gasteiger partial charge on any atom is -0.467 e. The van der Waals surface area contributed by atoms with E-state index in [9.17, 15) is 0 Å². The van der Waals surface area contributed by atoms with Crippen LogP contribution in [0, 0.1) is 13.8 Å². The van der Waals surface area contributed by atoms with E-state index in [2.05, 4.69) is 92.1 Å². The van der Waals surface area contributed by atoms with Crippen LogP contribution in [0.5, 0.6) is 5.75 Å². The largest absolute Gasteiger partial charge is 0.467 e. The summed E-state index contributed by atoms with van der Waals surface area (Å²) in [4.78, 5) is 0. The average Bonchev–Trinajstić information content (AvgIpc) is 2.72. The van der Waals surface area contributed by atoms with E-state index in [-0.39, 0.29) is 25.3 Å². The summed E-state index contributed by atoms with van der Waals surface area (Å²) in [5.74, 6) is 1.02. The summed E-state index contributed by atoms with van der Waals surface area (Å²) in [5.41, 5.74) is 5.47. The molecule has 0 aliphatic heterocycles. The molecule has 0 amide bonds. The van der Waals surface area contributed by atoms with Gasteiger partial charge >= 0.3 is 0 Å². The molecule has 0 aliphatic rings. The van der Waals surface area contributed by atoms with Crippen molar-refractivity contribution >= 4 is 27.1 Å². The Morgan fingerprint density at radius 1 is 1.00 bits per heavy atom. The van der Waals surface area contributed by atoms with Gasteiger partial charge in [-0.05, 0) is 72.7 Å². The topological polar surface area (TPSA) is 18.5 Å². The highest BCUT2D eigenvalue weighted by Crippen LogP contribution is 2.53. The van der Waals surface area contributed by atoms with Crippen LogP contribution in [0.25, 0.3) is 0 Å². The van der Waals surface area contributed by atoms with E-state index in [0.717, 1.165) is 25.0 Å². The number of ether oxygens (including phenoxy) is 2. The third-order valence-electron chi connectivity index (χ3n) is 6.35. The second-order valence-corrected chi connectivity index (χ2v) is 14.1. The van der Waals surface area contributed by atoms with Crippen LogP contribution < -0.4 is 15.3 Å². The normalized spacial score (nSPS) is 14.3. The van der Waals surface area contributed by atoms with E-state index in [1.165, 1.54) is 22.3 Å². The standard InChI is InChI=1S/C28H44O2P2/c1-11-16-28(12-2,31-26-20(3)14-13-15-24(26)32(9)10)23-18-22(27(5,6)7)17-21(4)25(23)30-19-29-8/h13-15,17-18,31H,11-12,16,19H2,1-10H3. The Labute approximate surface area is 200 Å². The molecule has 2 unspecified atom stereocenters. The predicted molar refractivity (Wildman–Crippen MR) is 147 cm³/mol. The molecule has 2 aromatic carbocycles. The van der Waals surface area contributed by atoms with Gasteiger partial charge in [0.05, 0.1) is 0 Å². The van der Waals surface area contributed by atoms with Crippen molar-refractivity contribution in [1.82, 2.24) is 0 Å². The summed E-state index contributed by atoms with van der Waals surface area (Å²) < 4.78 is 11.6. The highest BCUT2D eigenvalue weighted by molar-refractivity contribution is 7.66. The Morgan fingerprint density at radius 2 is 1.69 bits per heavy atom. The molecule has 4 heteroatoms. The lowest BCUT2D eigenvalue weighted by molar-refractivity contribution is 0.0493. The summed E-state index contributed by atoms with van der Waals surface area (Å²) >= 11 is 0. The molecule has 178 valence electrons. The van der Waals surface area contributed by atoms with Gasteiger partial charge in [-0.2, -0.15) is 0 Å². The quantitative estimate of drug-likeness (QED) is 0.265. The molecule has 0 N–H and O–H groups in total. The van der Waals surface area contributed by atoms with Crippen molar-refractivity contribution in [2.45, 2.75) is 78.3 Å². The number of hydrogen-bond acceptors (Lipinski definition) is 2. The van der Waals surface area contributed by atoms with Crippen molar-refractivity contribution in [2.24, 2.45) is 0 Å². The van der Waals surface area contributed by atoms with Gasteiger partial charge in [-0.15, -0.1) is 0 Å². The highest BCUT2D eigenvalue weighted by atomic mass is 31.1. The zero-order valence-electron chi connectivity index (χ0n) is 22.0. The fourth-order valence-electron chi connectivity index (χ4n) is 4.45. The fraction of sp³-hybridized carbons (Fsp3) is 0.571. The van der Waals surface area contributed by atoms with Crippen LogP contribution in [-0.4, -0.2) is 27.2 Å². The third-order valence-corrected chi connectivity index (χ3v) is 10.2. The first-order valence-electron chi connectivity index (χ1n) is 11.8. The fourth-order valence-corrected chi connectivity index (χ4v) is 8.13. The van der Waals surface area contributed by atoms with Gasteiger partial charge in [-0.25, -0.2) is 0 Å². The Bertz CT molecular complexity index is 899. The molecule has 2 atom stereocenters. The van der Waals surface area contributed by atoms with Gasteiger partial charge in [-0.3, -0.25) is 0 Å². The summed E-state index contributed by atoms with van der Waals surface area (Å²) in [6, 6.07) is 11.6. The predicted octanol–water partition coefficient (Wildman–Crippen LogP) is 7.36. The molecule has 0 bridgehead atoms. The highest BCUT2D eigenvalue weighted by Gasteiger charge is 2.36. The van der Waals surface area contributed by atoms with E-state index in [1.807, 2.05) is 0 Å². The van der Waals surface area contributed by atoms with E-state index < -0.39 is 0 Å². The van der Waals surface area contributed by atoms with Crippen LogP contribution in [-0.2, 0) is 15.3 Å². The zero-order chi connectivity index (χ0) is 24.1. The summed E-state index contributed by atoms with van der Waals surface area (Å²) in [6.45, 7) is 21.1. The molecule has 0 heterocycles. The first kappa shape index (κ1) is 27.3. The van der Waals surface area contributed by atoms with Crippen LogP contribution >= 0.6 is 16.5 Å². The molecule has 0 spiro atoms. The molecule has 0 fully saturated rings. The van der Waals surface area contributed by atoms with Crippen molar-refractivity contribution < 1.29 is 9.47 Å². The zero-order valence-corrected chi connectivity index (χ0v) is 23.9. The monoisotopic (exact) mass is 474 g/mol. The van der Waals surface area contributed by atoms with E-state index in [0.29, 0.717) is 8.58 Å². The molecule has 32 heavy (non-hydrogen) atoms. The minimum absolute atomic E-state index is 0.0516. The van der Waals surface area contributed by atoms with Crippen molar-refractivity contribution in [1.29, 1.82) is 0 Å². The van der Waals surface area contributed by atoms with Gasteiger partial charge in [0, 0.05) is 17.8 Å². The molecule has 0 radical (unpaired) electrons. The van der Waals surface area contributed by atoms with Gasteiger partial charge < -0.3 is 9.47 Å². The molecular formula is C28H44O2P2. The first-order chi connectivity index (χ1) is 15.0. The second kappa shape index (κ2) is 11.5. The molecular weight excluding hydrogens is 430 g/mol. The van der Waals surface area contributed by atoms with Gasteiger partial charge in [0.15, 0.2) is 6.79 Å². The SMILES string of the molecule is CCCC(CC)(Pc1c(C)cccc1P(C)C)c1cc(C(C)(C)C)cc(C)c1OCOC. The van der Waals surface area contributed by atoms with Crippen molar-refractivity contribution in [3.05, 3.63) is 52.6 Å². The van der Waals surface area contributed by atoms with Crippen LogP contribution in [0.3, 0.4) is 0 Å². The lowest BCUT2D eigenvalue weighted by Crippen LogP contribution is -2.30. The van der Waals surface area contributed by atoms with E-state index >= 15 is 0 Å².